The molecule has 2 N–H and O–H groups in total. The topological polar surface area (TPSA) is 70.1 Å². The highest BCUT2D eigenvalue weighted by Crippen LogP contribution is 2.25. The first-order valence-electron chi connectivity index (χ1n) is 5.75. The lowest BCUT2D eigenvalue weighted by Crippen LogP contribution is -2.38. The van der Waals surface area contributed by atoms with Gasteiger partial charge in [-0.05, 0) is 25.0 Å². The number of rotatable bonds is 2. The van der Waals surface area contributed by atoms with E-state index in [1.165, 1.54) is 0 Å². The maximum atomic E-state index is 11.1. The molecule has 1 saturated heterocycles. The van der Waals surface area contributed by atoms with E-state index in [-0.39, 0.29) is 11.8 Å². The fourth-order valence-corrected chi connectivity index (χ4v) is 2.25. The van der Waals surface area contributed by atoms with Crippen LogP contribution in [0.2, 0.25) is 0 Å². The van der Waals surface area contributed by atoms with Crippen LogP contribution in [-0.2, 0) is 4.79 Å². The summed E-state index contributed by atoms with van der Waals surface area (Å²) in [5.41, 5.74) is 6.94. The van der Waals surface area contributed by atoms with Crippen molar-refractivity contribution in [1.29, 1.82) is 5.26 Å². The lowest BCUT2D eigenvalue weighted by molar-refractivity contribution is -0.122. The van der Waals surface area contributed by atoms with Crippen LogP contribution in [0.3, 0.4) is 0 Å². The lowest BCUT2D eigenvalue weighted by atomic mass is 9.95. The highest BCUT2D eigenvalue weighted by Gasteiger charge is 2.24. The molecule has 4 heteroatoms. The molecule has 1 aliphatic rings. The normalized spacial score (nSPS) is 16.5. The monoisotopic (exact) mass is 229 g/mol. The number of primary amides is 1. The number of benzene rings is 1. The first kappa shape index (κ1) is 11.5. The van der Waals surface area contributed by atoms with Crippen LogP contribution in [0.25, 0.3) is 0 Å². The second-order valence-electron chi connectivity index (χ2n) is 4.29. The van der Waals surface area contributed by atoms with Gasteiger partial charge in [-0.15, -0.1) is 0 Å². The summed E-state index contributed by atoms with van der Waals surface area (Å²) in [6, 6.07) is 9.74. The van der Waals surface area contributed by atoms with Gasteiger partial charge in [0, 0.05) is 19.0 Å². The number of amides is 1. The third-order valence-electron chi connectivity index (χ3n) is 3.26. The Morgan fingerprint density at radius 3 is 2.59 bits per heavy atom. The van der Waals surface area contributed by atoms with Gasteiger partial charge in [0.05, 0.1) is 11.3 Å². The molecule has 2 rings (SSSR count). The number of nitrogens with zero attached hydrogens (tertiary/aromatic N) is 2. The Bertz CT molecular complexity index is 456. The van der Waals surface area contributed by atoms with Crippen molar-refractivity contribution < 1.29 is 4.79 Å². The second-order valence-corrected chi connectivity index (χ2v) is 4.29. The number of para-hydroxylation sites is 1. The first-order chi connectivity index (χ1) is 8.22. The molecule has 1 heterocycles. The number of carbonyl (C=O) groups is 1. The molecule has 0 saturated carbocycles. The van der Waals surface area contributed by atoms with Crippen LogP contribution in [-0.4, -0.2) is 19.0 Å². The third kappa shape index (κ3) is 2.39. The molecular formula is C13H15N3O. The predicted molar refractivity (Wildman–Crippen MR) is 65.3 cm³/mol. The molecule has 17 heavy (non-hydrogen) atoms. The van der Waals surface area contributed by atoms with Gasteiger partial charge in [-0.25, -0.2) is 0 Å². The van der Waals surface area contributed by atoms with E-state index >= 15 is 0 Å². The molecule has 1 aromatic rings. The third-order valence-corrected chi connectivity index (χ3v) is 3.26. The summed E-state index contributed by atoms with van der Waals surface area (Å²) in [4.78, 5) is 13.2. The van der Waals surface area contributed by atoms with Crippen molar-refractivity contribution in [3.63, 3.8) is 0 Å². The number of nitriles is 1. The van der Waals surface area contributed by atoms with Crippen molar-refractivity contribution in [2.75, 3.05) is 18.0 Å². The Balaban J connectivity index is 2.11. The predicted octanol–water partition coefficient (Wildman–Crippen LogP) is 1.26. The maximum absolute atomic E-state index is 11.1. The van der Waals surface area contributed by atoms with Crippen molar-refractivity contribution in [3.8, 4) is 6.07 Å². The van der Waals surface area contributed by atoms with Crippen LogP contribution in [0.1, 0.15) is 18.4 Å². The van der Waals surface area contributed by atoms with Crippen LogP contribution in [0, 0.1) is 17.2 Å². The van der Waals surface area contributed by atoms with Crippen molar-refractivity contribution in [3.05, 3.63) is 29.8 Å². The van der Waals surface area contributed by atoms with Gasteiger partial charge in [0.2, 0.25) is 5.91 Å². The Morgan fingerprint density at radius 1 is 1.35 bits per heavy atom. The molecule has 0 spiro atoms. The van der Waals surface area contributed by atoms with Crippen molar-refractivity contribution >= 4 is 11.6 Å². The quantitative estimate of drug-likeness (QED) is 0.830. The van der Waals surface area contributed by atoms with Crippen LogP contribution in [0.5, 0.6) is 0 Å². The van der Waals surface area contributed by atoms with E-state index in [4.69, 9.17) is 11.0 Å². The Hall–Kier alpha value is -2.02. The zero-order valence-corrected chi connectivity index (χ0v) is 9.60. The summed E-state index contributed by atoms with van der Waals surface area (Å²) < 4.78 is 0. The molecule has 1 fully saturated rings. The molecule has 1 amide bonds. The molecule has 1 aliphatic heterocycles. The van der Waals surface area contributed by atoms with Crippen LogP contribution < -0.4 is 10.6 Å². The van der Waals surface area contributed by atoms with E-state index in [0.29, 0.717) is 5.56 Å². The van der Waals surface area contributed by atoms with Crippen LogP contribution in [0.4, 0.5) is 5.69 Å². The van der Waals surface area contributed by atoms with Crippen LogP contribution >= 0.6 is 0 Å². The van der Waals surface area contributed by atoms with Crippen molar-refractivity contribution in [2.45, 2.75) is 12.8 Å². The molecule has 0 atom stereocenters. The number of nitrogens with two attached hydrogens (primary N) is 1. The molecule has 0 radical (unpaired) electrons. The highest BCUT2D eigenvalue weighted by atomic mass is 16.1. The van der Waals surface area contributed by atoms with Gasteiger partial charge in [-0.2, -0.15) is 5.26 Å². The summed E-state index contributed by atoms with van der Waals surface area (Å²) in [6.45, 7) is 1.57. The Labute approximate surface area is 101 Å². The standard InChI is InChI=1S/C13H15N3O/c14-9-11-3-1-2-4-12(11)16-7-5-10(6-8-16)13(15)17/h1-4,10H,5-8H2,(H2,15,17). The Morgan fingerprint density at radius 2 is 2.00 bits per heavy atom. The summed E-state index contributed by atoms with van der Waals surface area (Å²) in [6.07, 6.45) is 1.55. The van der Waals surface area contributed by atoms with E-state index < -0.39 is 0 Å². The number of piperidine rings is 1. The van der Waals surface area contributed by atoms with Gasteiger partial charge in [0.15, 0.2) is 0 Å². The number of carbonyl (C=O) groups excluding carboxylic acids is 1. The van der Waals surface area contributed by atoms with Crippen molar-refractivity contribution in [1.82, 2.24) is 0 Å². The van der Waals surface area contributed by atoms with E-state index in [1.54, 1.807) is 0 Å². The van der Waals surface area contributed by atoms with Gasteiger partial charge in [0.25, 0.3) is 0 Å². The zero-order valence-electron chi connectivity index (χ0n) is 9.60. The van der Waals surface area contributed by atoms with E-state index in [2.05, 4.69) is 11.0 Å². The average Bonchev–Trinajstić information content (AvgIpc) is 2.39. The second kappa shape index (κ2) is 4.88. The minimum atomic E-state index is -0.210. The van der Waals surface area contributed by atoms with Gasteiger partial charge in [-0.3, -0.25) is 4.79 Å². The largest absolute Gasteiger partial charge is 0.370 e. The molecule has 1 aromatic carbocycles. The van der Waals surface area contributed by atoms with Gasteiger partial charge >= 0.3 is 0 Å². The zero-order chi connectivity index (χ0) is 12.3. The molecule has 0 aromatic heterocycles. The average molecular weight is 229 g/mol. The summed E-state index contributed by atoms with van der Waals surface area (Å²) in [5, 5.41) is 9.04. The van der Waals surface area contributed by atoms with Gasteiger partial charge < -0.3 is 10.6 Å². The maximum Gasteiger partial charge on any atom is 0.220 e. The molecule has 0 bridgehead atoms. The smallest absolute Gasteiger partial charge is 0.220 e. The minimum Gasteiger partial charge on any atom is -0.370 e. The van der Waals surface area contributed by atoms with Gasteiger partial charge in [0.1, 0.15) is 6.07 Å². The molecule has 0 unspecified atom stereocenters. The highest BCUT2D eigenvalue weighted by molar-refractivity contribution is 5.77. The number of hydrogen-bond donors (Lipinski definition) is 1. The fraction of sp³-hybridized carbons (Fsp3) is 0.385. The fourth-order valence-electron chi connectivity index (χ4n) is 2.25. The lowest BCUT2D eigenvalue weighted by Gasteiger charge is -2.32. The summed E-state index contributed by atoms with van der Waals surface area (Å²) in [7, 11) is 0. The van der Waals surface area contributed by atoms with Gasteiger partial charge in [-0.1, -0.05) is 12.1 Å². The van der Waals surface area contributed by atoms with Crippen molar-refractivity contribution in [2.24, 2.45) is 11.7 Å². The number of hydrogen-bond acceptors (Lipinski definition) is 3. The SMILES string of the molecule is N#Cc1ccccc1N1CCC(C(N)=O)CC1. The van der Waals surface area contributed by atoms with Crippen LogP contribution in [0.15, 0.2) is 24.3 Å². The van der Waals surface area contributed by atoms with E-state index in [1.807, 2.05) is 24.3 Å². The molecule has 4 nitrogen and oxygen atoms in total. The Kier molecular flexibility index (Phi) is 3.29. The first-order valence-corrected chi connectivity index (χ1v) is 5.75. The van der Waals surface area contributed by atoms with E-state index in [0.717, 1.165) is 31.6 Å². The summed E-state index contributed by atoms with van der Waals surface area (Å²) >= 11 is 0. The van der Waals surface area contributed by atoms with E-state index in [9.17, 15) is 4.79 Å². The number of anilines is 1. The summed E-state index contributed by atoms with van der Waals surface area (Å²) in [5.74, 6) is -0.223. The minimum absolute atomic E-state index is 0.0134. The molecular weight excluding hydrogens is 214 g/mol. The molecule has 0 aliphatic carbocycles. The molecule has 88 valence electrons.